The molecule has 0 aromatic heterocycles. The molecule has 4 rings (SSSR count). The van der Waals surface area contributed by atoms with Crippen LogP contribution in [-0.4, -0.2) is 105 Å². The number of aliphatic hydroxyl groups is 1. The smallest absolute Gasteiger partial charge is 0.410 e. The third-order valence-corrected chi connectivity index (χ3v) is 10.3. The molecule has 1 N–H and O–H groups in total. The molecule has 266 valence electrons. The number of sulfonamides is 1. The number of carbonyl (C=O) groups excluding carboxylic acids is 2. The summed E-state index contributed by atoms with van der Waals surface area (Å²) in [5.41, 5.74) is 0.200. The van der Waals surface area contributed by atoms with Gasteiger partial charge in [-0.2, -0.15) is 4.31 Å². The van der Waals surface area contributed by atoms with Gasteiger partial charge in [0, 0.05) is 26.1 Å². The van der Waals surface area contributed by atoms with Gasteiger partial charge in [-0.05, 0) is 62.9 Å². The van der Waals surface area contributed by atoms with E-state index in [1.165, 1.54) is 28.4 Å². The first-order chi connectivity index (χ1) is 22.6. The minimum absolute atomic E-state index is 0.0292. The summed E-state index contributed by atoms with van der Waals surface area (Å²) in [6, 6.07) is 15.1. The Morgan fingerprint density at radius 1 is 1.00 bits per heavy atom. The molecule has 2 fully saturated rings. The first-order valence-electron chi connectivity index (χ1n) is 16.3. The maximum absolute atomic E-state index is 13.8. The molecule has 0 spiro atoms. The fourth-order valence-corrected chi connectivity index (χ4v) is 7.68. The predicted octanol–water partition coefficient (Wildman–Crippen LogP) is 4.10. The molecule has 0 unspecified atom stereocenters. The molecule has 2 aromatic carbocycles. The SMILES string of the molecule is COc1ccc(S(=O)(=O)N(CC(C)C)C[C@@H](O)[C@@H](CC(=O)O[C@H]2CO[C@H]3OC[C@H](N(C)C(=O)OC(C)(C)C)[C@H]32)Cc2ccccc2)cc1. The largest absolute Gasteiger partial charge is 0.497 e. The second kappa shape index (κ2) is 16.0. The molecule has 13 heteroatoms. The summed E-state index contributed by atoms with van der Waals surface area (Å²) >= 11 is 0. The summed E-state index contributed by atoms with van der Waals surface area (Å²) in [6.45, 7) is 9.40. The van der Waals surface area contributed by atoms with Crippen molar-refractivity contribution in [3.8, 4) is 5.75 Å². The van der Waals surface area contributed by atoms with Crippen LogP contribution in [0.15, 0.2) is 59.5 Å². The second-order valence-corrected chi connectivity index (χ2v) is 15.8. The normalized spacial score (nSPS) is 22.3. The number of esters is 1. The summed E-state index contributed by atoms with van der Waals surface area (Å²) in [5, 5.41) is 11.6. The van der Waals surface area contributed by atoms with Crippen molar-refractivity contribution in [1.82, 2.24) is 9.21 Å². The summed E-state index contributed by atoms with van der Waals surface area (Å²) < 4.78 is 57.0. The Balaban J connectivity index is 1.50. The Morgan fingerprint density at radius 3 is 2.25 bits per heavy atom. The van der Waals surface area contributed by atoms with Crippen LogP contribution in [0.2, 0.25) is 0 Å². The van der Waals surface area contributed by atoms with Crippen molar-refractivity contribution in [3.63, 3.8) is 0 Å². The van der Waals surface area contributed by atoms with Crippen molar-refractivity contribution in [2.75, 3.05) is 40.5 Å². The Labute approximate surface area is 284 Å². The third kappa shape index (κ3) is 9.69. The number of ether oxygens (including phenoxy) is 5. The fourth-order valence-electron chi connectivity index (χ4n) is 6.06. The van der Waals surface area contributed by atoms with Crippen molar-refractivity contribution in [3.05, 3.63) is 60.2 Å². The highest BCUT2D eigenvalue weighted by molar-refractivity contribution is 7.89. The molecule has 2 aliphatic heterocycles. The van der Waals surface area contributed by atoms with Gasteiger partial charge in [-0.3, -0.25) is 4.79 Å². The van der Waals surface area contributed by atoms with E-state index in [1.54, 1.807) is 40.0 Å². The lowest BCUT2D eigenvalue weighted by atomic mass is 9.90. The average molecular weight is 691 g/mol. The highest BCUT2D eigenvalue weighted by Gasteiger charge is 2.52. The van der Waals surface area contributed by atoms with Gasteiger partial charge in [0.25, 0.3) is 0 Å². The molecular formula is C35H50N2O10S. The van der Waals surface area contributed by atoms with Gasteiger partial charge in [-0.25, -0.2) is 13.2 Å². The maximum atomic E-state index is 13.8. The molecule has 2 saturated heterocycles. The van der Waals surface area contributed by atoms with Crippen LogP contribution in [0.5, 0.6) is 5.75 Å². The quantitative estimate of drug-likeness (QED) is 0.288. The number of rotatable bonds is 14. The Hall–Kier alpha value is -3.23. The minimum Gasteiger partial charge on any atom is -0.497 e. The molecule has 48 heavy (non-hydrogen) atoms. The first kappa shape index (κ1) is 37.6. The maximum Gasteiger partial charge on any atom is 0.410 e. The number of hydrogen-bond donors (Lipinski definition) is 1. The lowest BCUT2D eigenvalue weighted by Crippen LogP contribution is -2.48. The molecule has 0 saturated carbocycles. The standard InChI is InChI=1S/C35H50N2O10S/c1-23(2)19-37(48(41,42)27-15-13-26(43-7)14-16-27)20-29(38)25(17-24-11-9-8-10-12-24)18-31(39)46-30-22-45-33-32(30)28(21-44-33)36(6)34(40)47-35(3,4)5/h8-16,23,25,28-30,32-33,38H,17-22H2,1-7H3/t25-,28+,29-,30+,32+,33-/m1/s1. The number of aliphatic hydroxyl groups excluding tert-OH is 1. The average Bonchev–Trinajstić information content (AvgIpc) is 3.62. The van der Waals surface area contributed by atoms with Crippen LogP contribution < -0.4 is 4.74 Å². The summed E-state index contributed by atoms with van der Waals surface area (Å²) in [4.78, 5) is 27.9. The van der Waals surface area contributed by atoms with Crippen molar-refractivity contribution in [2.45, 2.75) is 82.5 Å². The minimum atomic E-state index is -3.98. The van der Waals surface area contributed by atoms with Crippen LogP contribution in [0.25, 0.3) is 0 Å². The van der Waals surface area contributed by atoms with E-state index in [9.17, 15) is 23.1 Å². The number of carbonyl (C=O) groups is 2. The summed E-state index contributed by atoms with van der Waals surface area (Å²) in [7, 11) is -0.859. The number of likely N-dealkylation sites (N-methyl/N-ethyl adjacent to an activating group) is 1. The Bertz CT molecular complexity index is 1460. The van der Waals surface area contributed by atoms with E-state index in [0.29, 0.717) is 12.2 Å². The predicted molar refractivity (Wildman–Crippen MR) is 178 cm³/mol. The van der Waals surface area contributed by atoms with E-state index in [4.69, 9.17) is 23.7 Å². The van der Waals surface area contributed by atoms with E-state index >= 15 is 0 Å². The number of fused-ring (bicyclic) bond motifs is 1. The van der Waals surface area contributed by atoms with Crippen molar-refractivity contribution in [1.29, 1.82) is 0 Å². The van der Waals surface area contributed by atoms with E-state index in [1.807, 2.05) is 44.2 Å². The van der Waals surface area contributed by atoms with Crippen LogP contribution >= 0.6 is 0 Å². The van der Waals surface area contributed by atoms with Crippen LogP contribution in [0.1, 0.15) is 46.6 Å². The van der Waals surface area contributed by atoms with E-state index in [-0.39, 0.29) is 43.5 Å². The lowest BCUT2D eigenvalue weighted by Gasteiger charge is -2.32. The van der Waals surface area contributed by atoms with E-state index in [2.05, 4.69) is 0 Å². The number of nitrogens with zero attached hydrogens (tertiary/aromatic N) is 2. The zero-order valence-corrected chi connectivity index (χ0v) is 29.7. The summed E-state index contributed by atoms with van der Waals surface area (Å²) in [5.74, 6) is -1.17. The van der Waals surface area contributed by atoms with Crippen molar-refractivity contribution in [2.24, 2.45) is 17.8 Å². The zero-order valence-electron chi connectivity index (χ0n) is 28.9. The molecule has 2 heterocycles. The van der Waals surface area contributed by atoms with Crippen LogP contribution in [-0.2, 0) is 40.2 Å². The molecular weight excluding hydrogens is 640 g/mol. The fraction of sp³-hybridized carbons (Fsp3) is 0.600. The van der Waals surface area contributed by atoms with Gasteiger partial charge < -0.3 is 33.7 Å². The molecule has 0 bridgehead atoms. The van der Waals surface area contributed by atoms with Gasteiger partial charge in [0.05, 0.1) is 49.7 Å². The molecule has 1 amide bonds. The van der Waals surface area contributed by atoms with Crippen molar-refractivity contribution < 1.29 is 46.8 Å². The second-order valence-electron chi connectivity index (χ2n) is 13.9. The monoisotopic (exact) mass is 690 g/mol. The molecule has 2 aliphatic rings. The van der Waals surface area contributed by atoms with Gasteiger partial charge in [0.2, 0.25) is 10.0 Å². The van der Waals surface area contributed by atoms with Crippen LogP contribution in [0, 0.1) is 17.8 Å². The number of methoxy groups -OCH3 is 1. The Morgan fingerprint density at radius 2 is 1.65 bits per heavy atom. The number of amides is 1. The van der Waals surface area contributed by atoms with Crippen LogP contribution in [0.3, 0.4) is 0 Å². The molecule has 0 aliphatic carbocycles. The molecule has 6 atom stereocenters. The topological polar surface area (TPSA) is 141 Å². The van der Waals surface area contributed by atoms with Gasteiger partial charge in [0.15, 0.2) is 6.29 Å². The van der Waals surface area contributed by atoms with Crippen molar-refractivity contribution >= 4 is 22.1 Å². The van der Waals surface area contributed by atoms with Gasteiger partial charge in [-0.15, -0.1) is 0 Å². The highest BCUT2D eigenvalue weighted by atomic mass is 32.2. The molecule has 0 radical (unpaired) electrons. The molecule has 2 aromatic rings. The number of hydrogen-bond acceptors (Lipinski definition) is 10. The highest BCUT2D eigenvalue weighted by Crippen LogP contribution is 2.37. The zero-order chi connectivity index (χ0) is 35.2. The van der Waals surface area contributed by atoms with E-state index < -0.39 is 64.1 Å². The number of benzene rings is 2. The summed E-state index contributed by atoms with van der Waals surface area (Å²) in [6.07, 6.45) is -2.91. The van der Waals surface area contributed by atoms with Gasteiger partial charge >= 0.3 is 12.1 Å². The van der Waals surface area contributed by atoms with Crippen LogP contribution in [0.4, 0.5) is 4.79 Å². The van der Waals surface area contributed by atoms with Gasteiger partial charge in [0.1, 0.15) is 17.5 Å². The van der Waals surface area contributed by atoms with E-state index in [0.717, 1.165) is 5.56 Å². The first-order valence-corrected chi connectivity index (χ1v) is 17.8. The van der Waals surface area contributed by atoms with Gasteiger partial charge in [-0.1, -0.05) is 44.2 Å². The lowest BCUT2D eigenvalue weighted by molar-refractivity contribution is -0.153. The Kier molecular flexibility index (Phi) is 12.5. The molecule has 12 nitrogen and oxygen atoms in total. The third-order valence-electron chi connectivity index (χ3n) is 8.48.